The van der Waals surface area contributed by atoms with Gasteiger partial charge in [-0.2, -0.15) is 13.2 Å². The Bertz CT molecular complexity index is 122. The van der Waals surface area contributed by atoms with Crippen molar-refractivity contribution >= 4 is 0 Å². The Morgan fingerprint density at radius 3 is 1.55 bits per heavy atom. The number of hydrogen-bond donors (Lipinski definition) is 0. The summed E-state index contributed by atoms with van der Waals surface area (Å²) in [7, 11) is 0. The molecule has 0 saturated heterocycles. The summed E-state index contributed by atoms with van der Waals surface area (Å²) >= 11 is 0. The predicted molar refractivity (Wildman–Crippen MR) is 39.3 cm³/mol. The zero-order valence-corrected chi connectivity index (χ0v) is 7.42. The van der Waals surface area contributed by atoms with Crippen LogP contribution in [0.2, 0.25) is 0 Å². The molecule has 0 unspecified atom stereocenters. The van der Waals surface area contributed by atoms with E-state index in [-0.39, 0.29) is 5.92 Å². The number of rotatable bonds is 2. The van der Waals surface area contributed by atoms with E-state index in [2.05, 4.69) is 0 Å². The SMILES string of the molecule is CC(C)C(C)(C)CC(F)(F)F. The maximum Gasteiger partial charge on any atom is 0.389 e. The van der Waals surface area contributed by atoms with Crippen LogP contribution in [0.5, 0.6) is 0 Å². The summed E-state index contributed by atoms with van der Waals surface area (Å²) in [6, 6.07) is 0. The highest BCUT2D eigenvalue weighted by Crippen LogP contribution is 2.38. The maximum atomic E-state index is 11.9. The van der Waals surface area contributed by atoms with Gasteiger partial charge in [0.25, 0.3) is 0 Å². The van der Waals surface area contributed by atoms with Crippen LogP contribution in [-0.4, -0.2) is 6.18 Å². The molecular formula is C8H15F3. The van der Waals surface area contributed by atoms with Crippen LogP contribution in [0.25, 0.3) is 0 Å². The first-order valence-corrected chi connectivity index (χ1v) is 3.72. The fourth-order valence-corrected chi connectivity index (χ4v) is 0.721. The first-order valence-electron chi connectivity index (χ1n) is 3.72. The Kier molecular flexibility index (Phi) is 2.98. The second-order valence-corrected chi connectivity index (χ2v) is 3.94. The summed E-state index contributed by atoms with van der Waals surface area (Å²) < 4.78 is 35.7. The van der Waals surface area contributed by atoms with Gasteiger partial charge in [0.05, 0.1) is 0 Å². The lowest BCUT2D eigenvalue weighted by molar-refractivity contribution is -0.159. The Hall–Kier alpha value is -0.210. The average Bonchev–Trinajstić information content (AvgIpc) is 1.56. The minimum absolute atomic E-state index is 0.0594. The van der Waals surface area contributed by atoms with Gasteiger partial charge in [0.15, 0.2) is 0 Å². The van der Waals surface area contributed by atoms with E-state index in [4.69, 9.17) is 0 Å². The molecule has 0 aliphatic carbocycles. The summed E-state index contributed by atoms with van der Waals surface area (Å²) in [6.45, 7) is 6.91. The number of halogens is 3. The lowest BCUT2D eigenvalue weighted by Gasteiger charge is -2.29. The van der Waals surface area contributed by atoms with Crippen LogP contribution >= 0.6 is 0 Å². The van der Waals surface area contributed by atoms with Gasteiger partial charge in [0, 0.05) is 6.42 Å². The van der Waals surface area contributed by atoms with Crippen LogP contribution in [0.15, 0.2) is 0 Å². The normalized spacial score (nSPS) is 14.2. The highest BCUT2D eigenvalue weighted by molar-refractivity contribution is 4.75. The highest BCUT2D eigenvalue weighted by atomic mass is 19.4. The lowest BCUT2D eigenvalue weighted by atomic mass is 9.78. The summed E-state index contributed by atoms with van der Waals surface area (Å²) in [5.74, 6) is 0.0594. The van der Waals surface area contributed by atoms with Crippen molar-refractivity contribution in [3.63, 3.8) is 0 Å². The summed E-state index contributed by atoms with van der Waals surface area (Å²) in [5.41, 5.74) is -0.641. The molecule has 0 aromatic rings. The molecule has 11 heavy (non-hydrogen) atoms. The zero-order chi connectivity index (χ0) is 9.28. The fraction of sp³-hybridized carbons (Fsp3) is 1.00. The van der Waals surface area contributed by atoms with Crippen LogP contribution in [-0.2, 0) is 0 Å². The standard InChI is InChI=1S/C8H15F3/c1-6(2)7(3,4)5-8(9,10)11/h6H,5H2,1-4H3. The molecule has 68 valence electrons. The lowest BCUT2D eigenvalue weighted by Crippen LogP contribution is -2.26. The van der Waals surface area contributed by atoms with Gasteiger partial charge in [-0.05, 0) is 11.3 Å². The molecule has 0 nitrogen and oxygen atoms in total. The molecule has 0 fully saturated rings. The minimum Gasteiger partial charge on any atom is -0.171 e. The van der Waals surface area contributed by atoms with E-state index in [0.717, 1.165) is 0 Å². The second kappa shape index (κ2) is 3.03. The molecule has 0 bridgehead atoms. The Balaban J connectivity index is 4.13. The van der Waals surface area contributed by atoms with Crippen molar-refractivity contribution in [3.8, 4) is 0 Å². The van der Waals surface area contributed by atoms with Crippen LogP contribution in [0.4, 0.5) is 13.2 Å². The van der Waals surface area contributed by atoms with Crippen molar-refractivity contribution in [2.75, 3.05) is 0 Å². The second-order valence-electron chi connectivity index (χ2n) is 3.94. The smallest absolute Gasteiger partial charge is 0.171 e. The van der Waals surface area contributed by atoms with Crippen molar-refractivity contribution in [2.24, 2.45) is 11.3 Å². The molecule has 0 heterocycles. The molecule has 0 atom stereocenters. The summed E-state index contributed by atoms with van der Waals surface area (Å²) in [6.07, 6.45) is -4.73. The highest BCUT2D eigenvalue weighted by Gasteiger charge is 2.37. The fourth-order valence-electron chi connectivity index (χ4n) is 0.721. The average molecular weight is 168 g/mol. The number of hydrogen-bond acceptors (Lipinski definition) is 0. The van der Waals surface area contributed by atoms with Gasteiger partial charge in [-0.3, -0.25) is 0 Å². The van der Waals surface area contributed by atoms with Crippen molar-refractivity contribution in [3.05, 3.63) is 0 Å². The first kappa shape index (κ1) is 10.8. The van der Waals surface area contributed by atoms with Crippen LogP contribution in [0.1, 0.15) is 34.1 Å². The molecule has 0 N–H and O–H groups in total. The molecule has 0 aliphatic rings. The third-order valence-corrected chi connectivity index (χ3v) is 2.22. The van der Waals surface area contributed by atoms with Crippen LogP contribution < -0.4 is 0 Å². The monoisotopic (exact) mass is 168 g/mol. The topological polar surface area (TPSA) is 0 Å². The van der Waals surface area contributed by atoms with Gasteiger partial charge in [-0.25, -0.2) is 0 Å². The van der Waals surface area contributed by atoms with Crippen molar-refractivity contribution in [1.82, 2.24) is 0 Å². The molecule has 0 radical (unpaired) electrons. The van der Waals surface area contributed by atoms with E-state index in [1.165, 1.54) is 0 Å². The molecule has 3 heteroatoms. The summed E-state index contributed by atoms with van der Waals surface area (Å²) in [5, 5.41) is 0. The van der Waals surface area contributed by atoms with E-state index in [9.17, 15) is 13.2 Å². The molecule has 0 spiro atoms. The van der Waals surface area contributed by atoms with E-state index in [0.29, 0.717) is 0 Å². The third-order valence-electron chi connectivity index (χ3n) is 2.22. The number of alkyl halides is 3. The third kappa shape index (κ3) is 4.27. The molecule has 0 aromatic heterocycles. The van der Waals surface area contributed by atoms with Crippen molar-refractivity contribution in [1.29, 1.82) is 0 Å². The molecule has 0 amide bonds. The molecule has 0 aromatic carbocycles. The van der Waals surface area contributed by atoms with Gasteiger partial charge in [0.1, 0.15) is 0 Å². The van der Waals surface area contributed by atoms with Crippen LogP contribution in [0.3, 0.4) is 0 Å². The maximum absolute atomic E-state index is 11.9. The Morgan fingerprint density at radius 1 is 1.09 bits per heavy atom. The molecule has 0 aliphatic heterocycles. The van der Waals surface area contributed by atoms with E-state index in [1.54, 1.807) is 13.8 Å². The zero-order valence-electron chi connectivity index (χ0n) is 7.42. The van der Waals surface area contributed by atoms with Gasteiger partial charge >= 0.3 is 6.18 Å². The van der Waals surface area contributed by atoms with Gasteiger partial charge < -0.3 is 0 Å². The molecule has 0 rings (SSSR count). The van der Waals surface area contributed by atoms with Gasteiger partial charge in [-0.1, -0.05) is 27.7 Å². The van der Waals surface area contributed by atoms with Crippen molar-refractivity contribution in [2.45, 2.75) is 40.3 Å². The van der Waals surface area contributed by atoms with Crippen LogP contribution in [0, 0.1) is 11.3 Å². The molecule has 0 saturated carbocycles. The van der Waals surface area contributed by atoms with Gasteiger partial charge in [0.2, 0.25) is 0 Å². The van der Waals surface area contributed by atoms with Crippen molar-refractivity contribution < 1.29 is 13.2 Å². The van der Waals surface area contributed by atoms with E-state index < -0.39 is 18.0 Å². The largest absolute Gasteiger partial charge is 0.389 e. The van der Waals surface area contributed by atoms with E-state index in [1.807, 2.05) is 13.8 Å². The first-order chi connectivity index (χ1) is 4.65. The van der Waals surface area contributed by atoms with Gasteiger partial charge in [-0.15, -0.1) is 0 Å². The minimum atomic E-state index is -4.03. The molecular weight excluding hydrogens is 153 g/mol. The predicted octanol–water partition coefficient (Wildman–Crippen LogP) is 3.62. The Labute approximate surface area is 65.8 Å². The quantitative estimate of drug-likeness (QED) is 0.590. The van der Waals surface area contributed by atoms with E-state index >= 15 is 0 Å². The Morgan fingerprint density at radius 2 is 1.45 bits per heavy atom. The summed E-state index contributed by atoms with van der Waals surface area (Å²) in [4.78, 5) is 0.